The number of hydrogen-bond acceptors (Lipinski definition) is 2. The number of hydrogen-bond donors (Lipinski definition) is 0. The maximum atomic E-state index is 4.45. The van der Waals surface area contributed by atoms with E-state index in [9.17, 15) is 0 Å². The second-order valence-corrected chi connectivity index (χ2v) is 4.25. The van der Waals surface area contributed by atoms with E-state index in [0.29, 0.717) is 6.04 Å². The summed E-state index contributed by atoms with van der Waals surface area (Å²) in [7, 11) is 0. The van der Waals surface area contributed by atoms with Crippen molar-refractivity contribution in [3.05, 3.63) is 17.7 Å². The molecule has 1 aliphatic rings. The van der Waals surface area contributed by atoms with E-state index in [1.54, 1.807) is 0 Å². The zero-order valence-corrected chi connectivity index (χ0v) is 9.32. The topological polar surface area (TPSA) is 21.1 Å². The molecule has 2 rings (SSSR count). The first-order valence-corrected chi connectivity index (χ1v) is 5.49. The summed E-state index contributed by atoms with van der Waals surface area (Å²) >= 11 is 0. The highest BCUT2D eigenvalue weighted by atomic mass is 15.2. The van der Waals surface area contributed by atoms with Gasteiger partial charge in [-0.15, -0.1) is 0 Å². The third kappa shape index (κ3) is 1.57. The van der Waals surface area contributed by atoms with Crippen LogP contribution >= 0.6 is 0 Å². The summed E-state index contributed by atoms with van der Waals surface area (Å²) in [5, 5.41) is 0. The number of aromatic nitrogens is 2. The summed E-state index contributed by atoms with van der Waals surface area (Å²) in [5.41, 5.74) is 2.70. The van der Waals surface area contributed by atoms with Gasteiger partial charge in [0.1, 0.15) is 0 Å². The summed E-state index contributed by atoms with van der Waals surface area (Å²) in [6.45, 7) is 10.0. The molecule has 0 saturated carbocycles. The molecule has 0 radical (unpaired) electrons. The van der Waals surface area contributed by atoms with E-state index in [-0.39, 0.29) is 0 Å². The molecule has 1 aromatic heterocycles. The number of fused-ring (bicyclic) bond motifs is 1. The van der Waals surface area contributed by atoms with Crippen LogP contribution in [0.15, 0.2) is 6.33 Å². The van der Waals surface area contributed by atoms with E-state index in [4.69, 9.17) is 0 Å². The largest absolute Gasteiger partial charge is 0.332 e. The third-order valence-electron chi connectivity index (χ3n) is 3.08. The van der Waals surface area contributed by atoms with Crippen LogP contribution in [0, 0.1) is 0 Å². The van der Waals surface area contributed by atoms with E-state index in [2.05, 4.69) is 35.2 Å². The maximum absolute atomic E-state index is 4.45. The van der Waals surface area contributed by atoms with E-state index in [1.165, 1.54) is 11.4 Å². The van der Waals surface area contributed by atoms with Crippen LogP contribution in [0.3, 0.4) is 0 Å². The SMILES string of the molecule is CCc1ncn2c1CN(C(C)C)CC2. The van der Waals surface area contributed by atoms with Crippen LogP contribution in [0.4, 0.5) is 0 Å². The first-order valence-electron chi connectivity index (χ1n) is 5.49. The van der Waals surface area contributed by atoms with E-state index >= 15 is 0 Å². The molecule has 0 atom stereocenters. The van der Waals surface area contributed by atoms with Crippen molar-refractivity contribution >= 4 is 0 Å². The van der Waals surface area contributed by atoms with Gasteiger partial charge >= 0.3 is 0 Å². The number of imidazole rings is 1. The Balaban J connectivity index is 2.23. The zero-order valence-electron chi connectivity index (χ0n) is 9.32. The minimum Gasteiger partial charge on any atom is -0.332 e. The summed E-state index contributed by atoms with van der Waals surface area (Å²) in [6.07, 6.45) is 3.04. The molecule has 0 bridgehead atoms. The Bertz CT molecular complexity index is 301. The summed E-state index contributed by atoms with van der Waals surface area (Å²) in [5.74, 6) is 0. The molecule has 3 heteroatoms. The van der Waals surface area contributed by atoms with Gasteiger partial charge in [-0.1, -0.05) is 6.92 Å². The first kappa shape index (κ1) is 9.71. The van der Waals surface area contributed by atoms with E-state index < -0.39 is 0 Å². The highest BCUT2D eigenvalue weighted by molar-refractivity contribution is 5.14. The quantitative estimate of drug-likeness (QED) is 0.712. The molecule has 0 saturated heterocycles. The van der Waals surface area contributed by atoms with Gasteiger partial charge in [0.05, 0.1) is 17.7 Å². The Morgan fingerprint density at radius 2 is 2.21 bits per heavy atom. The number of aryl methyl sites for hydroxylation is 1. The minimum absolute atomic E-state index is 0.642. The van der Waals surface area contributed by atoms with Gasteiger partial charge in [-0.3, -0.25) is 4.90 Å². The molecular formula is C11H19N3. The molecule has 0 unspecified atom stereocenters. The predicted molar refractivity (Wildman–Crippen MR) is 57.2 cm³/mol. The molecule has 0 spiro atoms. The fourth-order valence-corrected chi connectivity index (χ4v) is 2.07. The van der Waals surface area contributed by atoms with E-state index in [0.717, 1.165) is 26.1 Å². The highest BCUT2D eigenvalue weighted by Crippen LogP contribution is 2.18. The Labute approximate surface area is 85.7 Å². The van der Waals surface area contributed by atoms with Gasteiger partial charge in [-0.2, -0.15) is 0 Å². The standard InChI is InChI=1S/C11H19N3/c1-4-10-11-7-13(9(2)3)5-6-14(11)8-12-10/h8-9H,4-7H2,1-3H3. The third-order valence-corrected chi connectivity index (χ3v) is 3.08. The maximum Gasteiger partial charge on any atom is 0.0952 e. The molecular weight excluding hydrogens is 174 g/mol. The van der Waals surface area contributed by atoms with Gasteiger partial charge in [-0.05, 0) is 20.3 Å². The lowest BCUT2D eigenvalue weighted by molar-refractivity contribution is 0.176. The monoisotopic (exact) mass is 193 g/mol. The zero-order chi connectivity index (χ0) is 10.1. The van der Waals surface area contributed by atoms with Gasteiger partial charge < -0.3 is 4.57 Å². The van der Waals surface area contributed by atoms with Crippen molar-refractivity contribution < 1.29 is 0 Å². The minimum atomic E-state index is 0.642. The second-order valence-electron chi connectivity index (χ2n) is 4.25. The molecule has 0 fully saturated rings. The molecule has 3 nitrogen and oxygen atoms in total. The van der Waals surface area contributed by atoms with Crippen LogP contribution in [0.2, 0.25) is 0 Å². The molecule has 78 valence electrons. The molecule has 0 aliphatic carbocycles. The Kier molecular flexibility index (Phi) is 2.59. The van der Waals surface area contributed by atoms with Crippen molar-refractivity contribution in [1.82, 2.24) is 14.5 Å². The van der Waals surface area contributed by atoms with Crippen molar-refractivity contribution in [2.45, 2.75) is 46.3 Å². The molecule has 1 aliphatic heterocycles. The van der Waals surface area contributed by atoms with Crippen molar-refractivity contribution in [2.24, 2.45) is 0 Å². The van der Waals surface area contributed by atoms with Crippen LogP contribution in [0.25, 0.3) is 0 Å². The van der Waals surface area contributed by atoms with E-state index in [1.807, 2.05) is 6.33 Å². The van der Waals surface area contributed by atoms with Crippen LogP contribution in [0.1, 0.15) is 32.2 Å². The fraction of sp³-hybridized carbons (Fsp3) is 0.727. The Morgan fingerprint density at radius 1 is 1.43 bits per heavy atom. The molecule has 0 aromatic carbocycles. The summed E-state index contributed by atoms with van der Waals surface area (Å²) in [6, 6.07) is 0.642. The lowest BCUT2D eigenvalue weighted by Crippen LogP contribution is -2.38. The van der Waals surface area contributed by atoms with Crippen LogP contribution < -0.4 is 0 Å². The normalized spacial score (nSPS) is 17.4. The second kappa shape index (κ2) is 3.73. The van der Waals surface area contributed by atoms with Gasteiger partial charge in [0.25, 0.3) is 0 Å². The molecule has 0 amide bonds. The number of nitrogens with zero attached hydrogens (tertiary/aromatic N) is 3. The van der Waals surface area contributed by atoms with Crippen LogP contribution in [-0.2, 0) is 19.5 Å². The lowest BCUT2D eigenvalue weighted by Gasteiger charge is -2.31. The number of rotatable bonds is 2. The molecule has 0 N–H and O–H groups in total. The fourth-order valence-electron chi connectivity index (χ4n) is 2.07. The van der Waals surface area contributed by atoms with Crippen LogP contribution in [0.5, 0.6) is 0 Å². The predicted octanol–water partition coefficient (Wildman–Crippen LogP) is 1.67. The van der Waals surface area contributed by atoms with Gasteiger partial charge in [0.15, 0.2) is 0 Å². The van der Waals surface area contributed by atoms with Crippen molar-refractivity contribution in [1.29, 1.82) is 0 Å². The molecule has 14 heavy (non-hydrogen) atoms. The van der Waals surface area contributed by atoms with Crippen molar-refractivity contribution in [3.8, 4) is 0 Å². The summed E-state index contributed by atoms with van der Waals surface area (Å²) in [4.78, 5) is 6.96. The highest BCUT2D eigenvalue weighted by Gasteiger charge is 2.20. The van der Waals surface area contributed by atoms with Gasteiger partial charge in [0, 0.05) is 25.7 Å². The first-order chi connectivity index (χ1) is 6.72. The summed E-state index contributed by atoms with van der Waals surface area (Å²) < 4.78 is 2.30. The van der Waals surface area contributed by atoms with Crippen molar-refractivity contribution in [3.63, 3.8) is 0 Å². The Morgan fingerprint density at radius 3 is 2.86 bits per heavy atom. The molecule has 2 heterocycles. The average molecular weight is 193 g/mol. The smallest absolute Gasteiger partial charge is 0.0952 e. The molecule has 1 aromatic rings. The average Bonchev–Trinajstić information content (AvgIpc) is 2.59. The van der Waals surface area contributed by atoms with Crippen LogP contribution in [-0.4, -0.2) is 27.0 Å². The lowest BCUT2D eigenvalue weighted by atomic mass is 10.2. The Hall–Kier alpha value is -0.830. The van der Waals surface area contributed by atoms with Gasteiger partial charge in [-0.25, -0.2) is 4.98 Å². The van der Waals surface area contributed by atoms with Crippen molar-refractivity contribution in [2.75, 3.05) is 6.54 Å². The van der Waals surface area contributed by atoms with Gasteiger partial charge in [0.2, 0.25) is 0 Å².